The molecular weight excluding hydrogens is 300 g/mol. The van der Waals surface area contributed by atoms with Crippen molar-refractivity contribution in [2.45, 2.75) is 51.4 Å². The zero-order chi connectivity index (χ0) is 16.9. The minimum Gasteiger partial charge on any atom is -0.449 e. The van der Waals surface area contributed by atoms with E-state index < -0.39 is 6.16 Å². The van der Waals surface area contributed by atoms with Crippen LogP contribution in [0.5, 0.6) is 5.75 Å². The molecule has 0 heterocycles. The van der Waals surface area contributed by atoms with Crippen LogP contribution in [-0.2, 0) is 6.42 Å². The lowest BCUT2D eigenvalue weighted by Crippen LogP contribution is -2.06. The van der Waals surface area contributed by atoms with Crippen molar-refractivity contribution >= 4 is 6.16 Å². The fraction of sp³-hybridized carbons (Fsp3) is 0.381. The van der Waals surface area contributed by atoms with Gasteiger partial charge < -0.3 is 9.84 Å². The first-order valence-electron chi connectivity index (χ1n) is 8.82. The molecule has 0 saturated heterocycles. The van der Waals surface area contributed by atoms with Crippen molar-refractivity contribution in [3.05, 3.63) is 53.6 Å². The van der Waals surface area contributed by atoms with Gasteiger partial charge in [-0.3, -0.25) is 0 Å². The van der Waals surface area contributed by atoms with E-state index in [0.717, 1.165) is 23.1 Å². The molecule has 1 fully saturated rings. The summed E-state index contributed by atoms with van der Waals surface area (Å²) in [5.74, 6) is 1.12. The average molecular weight is 324 g/mol. The molecule has 1 aliphatic carbocycles. The lowest BCUT2D eigenvalue weighted by atomic mass is 9.83. The van der Waals surface area contributed by atoms with Crippen LogP contribution >= 0.6 is 0 Å². The second kappa shape index (κ2) is 7.52. The molecule has 1 N–H and O–H groups in total. The Morgan fingerprint density at radius 3 is 2.42 bits per heavy atom. The van der Waals surface area contributed by atoms with Gasteiger partial charge in [-0.25, -0.2) is 4.79 Å². The van der Waals surface area contributed by atoms with Gasteiger partial charge in [0.05, 0.1) is 0 Å². The number of benzene rings is 2. The lowest BCUT2D eigenvalue weighted by Gasteiger charge is -2.22. The number of carboxylic acid groups (broad SMARTS) is 1. The van der Waals surface area contributed by atoms with Crippen molar-refractivity contribution in [2.75, 3.05) is 0 Å². The van der Waals surface area contributed by atoms with Gasteiger partial charge in [0.25, 0.3) is 0 Å². The van der Waals surface area contributed by atoms with Crippen LogP contribution in [0.25, 0.3) is 11.1 Å². The Kier molecular flexibility index (Phi) is 5.19. The average Bonchev–Trinajstić information content (AvgIpc) is 2.62. The van der Waals surface area contributed by atoms with Gasteiger partial charge in [0.15, 0.2) is 0 Å². The zero-order valence-corrected chi connectivity index (χ0v) is 14.1. The predicted molar refractivity (Wildman–Crippen MR) is 95.7 cm³/mol. The maximum absolute atomic E-state index is 10.9. The highest BCUT2D eigenvalue weighted by molar-refractivity contribution is 5.72. The summed E-state index contributed by atoms with van der Waals surface area (Å²) < 4.78 is 4.93. The highest BCUT2D eigenvalue weighted by atomic mass is 16.7. The molecule has 0 amide bonds. The molecule has 3 heteroatoms. The summed E-state index contributed by atoms with van der Waals surface area (Å²) >= 11 is 0. The van der Waals surface area contributed by atoms with Crippen LogP contribution < -0.4 is 4.74 Å². The molecule has 0 aliphatic heterocycles. The summed E-state index contributed by atoms with van der Waals surface area (Å²) in [6.07, 6.45) is 6.08. The first-order valence-corrected chi connectivity index (χ1v) is 8.82. The third-order valence-corrected chi connectivity index (χ3v) is 4.98. The van der Waals surface area contributed by atoms with Crippen molar-refractivity contribution in [1.82, 2.24) is 0 Å². The summed E-state index contributed by atoms with van der Waals surface area (Å²) in [6, 6.07) is 14.4. The molecule has 0 aromatic heterocycles. The predicted octanol–water partition coefficient (Wildman–Crippen LogP) is 6.02. The smallest absolute Gasteiger partial charge is 0.449 e. The molecule has 0 bridgehead atoms. The van der Waals surface area contributed by atoms with E-state index in [-0.39, 0.29) is 0 Å². The van der Waals surface area contributed by atoms with Gasteiger partial charge in [-0.15, -0.1) is 0 Å². The van der Waals surface area contributed by atoms with E-state index in [4.69, 9.17) is 9.84 Å². The van der Waals surface area contributed by atoms with Crippen LogP contribution in [0.15, 0.2) is 42.5 Å². The van der Waals surface area contributed by atoms with Crippen molar-refractivity contribution in [2.24, 2.45) is 0 Å². The van der Waals surface area contributed by atoms with Crippen molar-refractivity contribution < 1.29 is 14.6 Å². The molecule has 24 heavy (non-hydrogen) atoms. The molecular formula is C21H24O3. The van der Waals surface area contributed by atoms with E-state index in [0.29, 0.717) is 11.7 Å². The van der Waals surface area contributed by atoms with Crippen LogP contribution in [0.1, 0.15) is 56.1 Å². The van der Waals surface area contributed by atoms with Gasteiger partial charge >= 0.3 is 6.16 Å². The maximum Gasteiger partial charge on any atom is 0.511 e. The SMILES string of the molecule is CCc1c(OC(=O)O)cccc1-c1ccc(C2CCCCC2)cc1. The number of ether oxygens (including phenoxy) is 1. The van der Waals surface area contributed by atoms with Gasteiger partial charge in [0.2, 0.25) is 0 Å². The van der Waals surface area contributed by atoms with Crippen LogP contribution in [-0.4, -0.2) is 11.3 Å². The molecule has 2 aromatic carbocycles. The van der Waals surface area contributed by atoms with Crippen LogP contribution in [0, 0.1) is 0 Å². The standard InChI is InChI=1S/C21H24O3/c1-2-18-19(9-6-10-20(18)24-21(22)23)17-13-11-16(12-14-17)15-7-4-3-5-8-15/h6,9-15H,2-5,7-8H2,1H3,(H,22,23). The Morgan fingerprint density at radius 1 is 1.08 bits per heavy atom. The number of hydrogen-bond acceptors (Lipinski definition) is 2. The second-order valence-corrected chi connectivity index (χ2v) is 6.46. The third-order valence-electron chi connectivity index (χ3n) is 4.98. The minimum atomic E-state index is -1.27. The largest absolute Gasteiger partial charge is 0.511 e. The number of rotatable bonds is 4. The molecule has 0 radical (unpaired) electrons. The Labute approximate surface area is 143 Å². The van der Waals surface area contributed by atoms with Gasteiger partial charge in [0.1, 0.15) is 5.75 Å². The van der Waals surface area contributed by atoms with Crippen LogP contribution in [0.3, 0.4) is 0 Å². The van der Waals surface area contributed by atoms with Gasteiger partial charge in [0, 0.05) is 5.56 Å². The Hall–Kier alpha value is -2.29. The highest BCUT2D eigenvalue weighted by Crippen LogP contribution is 2.35. The monoisotopic (exact) mass is 324 g/mol. The topological polar surface area (TPSA) is 46.5 Å². The van der Waals surface area contributed by atoms with Crippen LogP contribution in [0.2, 0.25) is 0 Å². The van der Waals surface area contributed by atoms with Crippen molar-refractivity contribution in [3.63, 3.8) is 0 Å². The Bertz CT molecular complexity index is 698. The normalized spacial score (nSPS) is 15.2. The quantitative estimate of drug-likeness (QED) is 0.552. The van der Waals surface area contributed by atoms with Crippen molar-refractivity contribution in [3.8, 4) is 16.9 Å². The third kappa shape index (κ3) is 3.61. The number of hydrogen-bond donors (Lipinski definition) is 1. The van der Waals surface area contributed by atoms with Crippen molar-refractivity contribution in [1.29, 1.82) is 0 Å². The lowest BCUT2D eigenvalue weighted by molar-refractivity contribution is 0.144. The van der Waals surface area contributed by atoms with Gasteiger partial charge in [-0.05, 0) is 47.9 Å². The fourth-order valence-electron chi connectivity index (χ4n) is 3.76. The fourth-order valence-corrected chi connectivity index (χ4v) is 3.76. The number of carbonyl (C=O) groups is 1. The molecule has 3 nitrogen and oxygen atoms in total. The van der Waals surface area contributed by atoms with E-state index >= 15 is 0 Å². The molecule has 0 spiro atoms. The molecule has 126 valence electrons. The van der Waals surface area contributed by atoms with E-state index in [1.54, 1.807) is 6.07 Å². The maximum atomic E-state index is 10.9. The summed E-state index contributed by atoms with van der Waals surface area (Å²) in [6.45, 7) is 2.02. The van der Waals surface area contributed by atoms with E-state index in [1.165, 1.54) is 37.7 Å². The molecule has 2 aromatic rings. The summed E-state index contributed by atoms with van der Waals surface area (Å²) in [7, 11) is 0. The molecule has 3 rings (SSSR count). The van der Waals surface area contributed by atoms with E-state index in [2.05, 4.69) is 24.3 Å². The first-order chi connectivity index (χ1) is 11.7. The zero-order valence-electron chi connectivity index (χ0n) is 14.1. The Balaban J connectivity index is 1.89. The van der Waals surface area contributed by atoms with Gasteiger partial charge in [-0.2, -0.15) is 0 Å². The van der Waals surface area contributed by atoms with E-state index in [1.807, 2.05) is 19.1 Å². The molecule has 0 unspecified atom stereocenters. The van der Waals surface area contributed by atoms with Crippen LogP contribution in [0.4, 0.5) is 4.79 Å². The first kappa shape index (κ1) is 16.6. The summed E-state index contributed by atoms with van der Waals surface area (Å²) in [5.41, 5.74) is 4.52. The summed E-state index contributed by atoms with van der Waals surface area (Å²) in [4.78, 5) is 10.9. The van der Waals surface area contributed by atoms with Gasteiger partial charge in [-0.1, -0.05) is 62.6 Å². The minimum absolute atomic E-state index is 0.429. The highest BCUT2D eigenvalue weighted by Gasteiger charge is 2.16. The molecule has 0 atom stereocenters. The van der Waals surface area contributed by atoms with E-state index in [9.17, 15) is 4.79 Å². The summed E-state index contributed by atoms with van der Waals surface area (Å²) in [5, 5.41) is 8.91. The molecule has 1 aliphatic rings. The second-order valence-electron chi connectivity index (χ2n) is 6.46. The Morgan fingerprint density at radius 2 is 1.79 bits per heavy atom. The molecule has 1 saturated carbocycles.